The molecular weight excluding hydrogens is 492 g/mol. The third-order valence-corrected chi connectivity index (χ3v) is 7.58. The molecule has 0 atom stereocenters. The fourth-order valence-electron chi connectivity index (χ4n) is 4.43. The number of amides is 1. The van der Waals surface area contributed by atoms with E-state index in [0.29, 0.717) is 16.8 Å². The van der Waals surface area contributed by atoms with Crippen LogP contribution in [0.1, 0.15) is 27.6 Å². The lowest BCUT2D eigenvalue weighted by Crippen LogP contribution is -2.20. The number of nitrogens with zero attached hydrogens (tertiary/aromatic N) is 4. The second kappa shape index (κ2) is 8.07. The Labute approximate surface area is 210 Å². The minimum Gasteiger partial charge on any atom is -0.383 e. The molecule has 37 heavy (non-hydrogen) atoms. The first kappa shape index (κ1) is 22.6. The fraction of sp³-hybridized carbons (Fsp3) is 0.0385. The number of pyridine rings is 1. The molecule has 1 amide bonds. The highest BCUT2D eigenvalue weighted by atomic mass is 32.2. The Hall–Kier alpha value is -4.90. The van der Waals surface area contributed by atoms with E-state index in [1.807, 2.05) is 47.2 Å². The average molecular weight is 511 g/mol. The highest BCUT2D eigenvalue weighted by Gasteiger charge is 2.33. The van der Waals surface area contributed by atoms with Gasteiger partial charge in [-0.2, -0.15) is 9.61 Å². The lowest BCUT2D eigenvalue weighted by Gasteiger charge is -2.12. The maximum atomic E-state index is 12.6. The number of anilines is 1. The van der Waals surface area contributed by atoms with Gasteiger partial charge in [0.05, 0.1) is 28.7 Å². The van der Waals surface area contributed by atoms with Crippen molar-refractivity contribution in [3.63, 3.8) is 0 Å². The summed E-state index contributed by atoms with van der Waals surface area (Å²) >= 11 is 0. The van der Waals surface area contributed by atoms with Crippen LogP contribution >= 0.6 is 0 Å². The molecule has 11 heteroatoms. The first-order chi connectivity index (χ1) is 17.7. The van der Waals surface area contributed by atoms with Crippen LogP contribution in [0.5, 0.6) is 0 Å². The Morgan fingerprint density at radius 1 is 0.946 bits per heavy atom. The summed E-state index contributed by atoms with van der Waals surface area (Å²) in [6.45, 7) is 1.35. The third kappa shape index (κ3) is 3.55. The number of fused-ring (bicyclic) bond motifs is 2. The molecule has 2 aromatic carbocycles. The Morgan fingerprint density at radius 2 is 1.70 bits per heavy atom. The number of carbonyl (C=O) groups is 2. The molecule has 6 rings (SSSR count). The van der Waals surface area contributed by atoms with Crippen LogP contribution in [0, 0.1) is 0 Å². The van der Waals surface area contributed by atoms with Gasteiger partial charge in [0.25, 0.3) is 15.9 Å². The van der Waals surface area contributed by atoms with E-state index in [2.05, 4.69) is 10.1 Å². The lowest BCUT2D eigenvalue weighted by molar-refractivity contribution is 0.0983. The molecule has 10 nitrogen and oxygen atoms in total. The number of rotatable bonds is 4. The number of hydrogen-bond donors (Lipinski definition) is 2. The maximum absolute atomic E-state index is 12.6. The van der Waals surface area contributed by atoms with Gasteiger partial charge in [0.2, 0.25) is 0 Å². The molecule has 1 aliphatic heterocycles. The molecule has 182 valence electrons. The lowest BCUT2D eigenvalue weighted by atomic mass is 10.0. The van der Waals surface area contributed by atoms with E-state index in [4.69, 9.17) is 10.7 Å². The summed E-state index contributed by atoms with van der Waals surface area (Å²) in [6.07, 6.45) is 3.30. The molecule has 3 N–H and O–H groups in total. The molecule has 0 bridgehead atoms. The second-order valence-corrected chi connectivity index (χ2v) is 10.2. The van der Waals surface area contributed by atoms with E-state index < -0.39 is 15.9 Å². The fourth-order valence-corrected chi connectivity index (χ4v) is 5.58. The molecule has 0 unspecified atom stereocenters. The summed E-state index contributed by atoms with van der Waals surface area (Å²) in [5.41, 5.74) is 10.6. The summed E-state index contributed by atoms with van der Waals surface area (Å²) in [7, 11) is -3.91. The third-order valence-electron chi connectivity index (χ3n) is 6.19. The number of hydrogen-bond acceptors (Lipinski definition) is 8. The number of aromatic nitrogens is 4. The van der Waals surface area contributed by atoms with Crippen LogP contribution in [0.25, 0.3) is 39.3 Å². The highest BCUT2D eigenvalue weighted by Crippen LogP contribution is 2.34. The molecule has 0 saturated carbocycles. The normalized spacial score (nSPS) is 13.9. The molecular formula is C26H18N6O4S. The van der Waals surface area contributed by atoms with Gasteiger partial charge in [-0.3, -0.25) is 14.6 Å². The largest absolute Gasteiger partial charge is 0.383 e. The van der Waals surface area contributed by atoms with Gasteiger partial charge in [-0.25, -0.2) is 18.1 Å². The summed E-state index contributed by atoms with van der Waals surface area (Å²) < 4.78 is 27.7. The van der Waals surface area contributed by atoms with E-state index in [1.165, 1.54) is 29.6 Å². The first-order valence-electron chi connectivity index (χ1n) is 11.2. The number of benzene rings is 2. The zero-order valence-electron chi connectivity index (χ0n) is 19.3. The van der Waals surface area contributed by atoms with Crippen LogP contribution in [0.15, 0.2) is 78.0 Å². The van der Waals surface area contributed by atoms with Crippen LogP contribution in [-0.2, 0) is 10.0 Å². The van der Waals surface area contributed by atoms with E-state index >= 15 is 0 Å². The van der Waals surface area contributed by atoms with Crippen molar-refractivity contribution in [2.45, 2.75) is 11.8 Å². The number of nitrogens with two attached hydrogens (primary N) is 1. The number of carbonyl (C=O) groups excluding carboxylic acids is 2. The summed E-state index contributed by atoms with van der Waals surface area (Å²) in [5, 5.41) is 4.35. The highest BCUT2D eigenvalue weighted by molar-refractivity contribution is 7.90. The molecule has 0 aliphatic carbocycles. The predicted octanol–water partition coefficient (Wildman–Crippen LogP) is 3.34. The van der Waals surface area contributed by atoms with Gasteiger partial charge in [0.1, 0.15) is 10.7 Å². The van der Waals surface area contributed by atoms with Crippen LogP contribution < -0.4 is 10.5 Å². The molecule has 1 aliphatic rings. The molecule has 0 saturated heterocycles. The van der Waals surface area contributed by atoms with E-state index in [0.717, 1.165) is 16.8 Å². The van der Waals surface area contributed by atoms with E-state index in [1.54, 1.807) is 12.4 Å². The Kier molecular flexibility index (Phi) is 4.92. The maximum Gasteiger partial charge on any atom is 0.266 e. The summed E-state index contributed by atoms with van der Waals surface area (Å²) in [6, 6.07) is 17.7. The van der Waals surface area contributed by atoms with Gasteiger partial charge >= 0.3 is 0 Å². The van der Waals surface area contributed by atoms with Crippen LogP contribution in [-0.4, -0.2) is 39.7 Å². The van der Waals surface area contributed by atoms with Crippen LogP contribution in [0.4, 0.5) is 5.82 Å². The van der Waals surface area contributed by atoms with Gasteiger partial charge in [-0.1, -0.05) is 42.5 Å². The topological polar surface area (TPSA) is 149 Å². The standard InChI is InChI=1S/C26H18N6O4S/c1-14(33)22-23(16-8-10-21-18(11-16)26(34)31-37(21,35)36)30-25-19(13-29-32(25)24(22)27)17-7-9-20(28-12-17)15-5-3-2-4-6-15/h2-13H,27H2,1H3,(H,31,34). The number of nitrogens with one attached hydrogen (secondary N) is 1. The van der Waals surface area contributed by atoms with Crippen molar-refractivity contribution in [3.8, 4) is 33.6 Å². The molecule has 5 aromatic rings. The zero-order chi connectivity index (χ0) is 25.9. The predicted molar refractivity (Wildman–Crippen MR) is 136 cm³/mol. The number of ketones is 1. The van der Waals surface area contributed by atoms with Crippen molar-refractivity contribution >= 4 is 33.2 Å². The van der Waals surface area contributed by atoms with Crippen molar-refractivity contribution in [2.75, 3.05) is 5.73 Å². The van der Waals surface area contributed by atoms with Gasteiger partial charge in [-0.05, 0) is 25.1 Å². The first-order valence-corrected chi connectivity index (χ1v) is 12.6. The van der Waals surface area contributed by atoms with Crippen LogP contribution in [0.3, 0.4) is 0 Å². The van der Waals surface area contributed by atoms with Crippen molar-refractivity contribution < 1.29 is 18.0 Å². The molecule has 4 heterocycles. The van der Waals surface area contributed by atoms with Gasteiger partial charge < -0.3 is 5.73 Å². The average Bonchev–Trinajstić information content (AvgIpc) is 3.42. The molecule has 0 spiro atoms. The Morgan fingerprint density at radius 3 is 2.41 bits per heavy atom. The second-order valence-electron chi connectivity index (χ2n) is 8.51. The van der Waals surface area contributed by atoms with Gasteiger partial charge in [0.15, 0.2) is 11.4 Å². The zero-order valence-corrected chi connectivity index (χ0v) is 20.2. The Bertz CT molecular complexity index is 1860. The minimum absolute atomic E-state index is 0.0262. The number of sulfonamides is 1. The van der Waals surface area contributed by atoms with E-state index in [9.17, 15) is 18.0 Å². The number of nitrogen functional groups attached to an aromatic ring is 1. The summed E-state index contributed by atoms with van der Waals surface area (Å²) in [5.74, 6) is -1.03. The van der Waals surface area contributed by atoms with E-state index in [-0.39, 0.29) is 33.3 Å². The van der Waals surface area contributed by atoms with Crippen LogP contribution in [0.2, 0.25) is 0 Å². The quantitative estimate of drug-likeness (QED) is 0.350. The molecule has 3 aromatic heterocycles. The van der Waals surface area contributed by atoms with Crippen molar-refractivity contribution in [1.29, 1.82) is 0 Å². The van der Waals surface area contributed by atoms with Crippen molar-refractivity contribution in [2.24, 2.45) is 0 Å². The monoisotopic (exact) mass is 510 g/mol. The molecule has 0 radical (unpaired) electrons. The Balaban J connectivity index is 1.53. The number of Topliss-reactive ketones (excluding diaryl/α,β-unsaturated/α-hetero) is 1. The van der Waals surface area contributed by atoms with Gasteiger partial charge in [0, 0.05) is 28.5 Å². The smallest absolute Gasteiger partial charge is 0.266 e. The SMILES string of the molecule is CC(=O)c1c(-c2ccc3c(c2)C(=O)NS3(=O)=O)nc2c(-c3ccc(-c4ccccc4)nc3)cnn2c1N. The van der Waals surface area contributed by atoms with Crippen molar-refractivity contribution in [1.82, 2.24) is 24.3 Å². The van der Waals surface area contributed by atoms with Crippen molar-refractivity contribution in [3.05, 3.63) is 84.2 Å². The van der Waals surface area contributed by atoms with Gasteiger partial charge in [-0.15, -0.1) is 0 Å². The molecule has 0 fully saturated rings. The minimum atomic E-state index is -3.91. The summed E-state index contributed by atoms with van der Waals surface area (Å²) in [4.78, 5) is 34.0.